The van der Waals surface area contributed by atoms with Crippen molar-refractivity contribution in [3.8, 4) is 6.07 Å². The highest BCUT2D eigenvalue weighted by atomic mass is 19.1. The molecule has 1 aromatic heterocycles. The third-order valence-corrected chi connectivity index (χ3v) is 0.904. The van der Waals surface area contributed by atoms with E-state index in [-0.39, 0.29) is 11.5 Å². The third-order valence-electron chi connectivity index (χ3n) is 0.904. The summed E-state index contributed by atoms with van der Waals surface area (Å²) in [6, 6.07) is 4.63. The quantitative estimate of drug-likeness (QED) is 0.571. The molecule has 0 aliphatic heterocycles. The highest BCUT2D eigenvalue weighted by molar-refractivity contribution is 5.18. The molecule has 0 aliphatic rings. The number of nitrogens with zero attached hydrogens (tertiary/aromatic N) is 1. The molecule has 0 bridgehead atoms. The normalized spacial score (nSPS) is 8.89. The van der Waals surface area contributed by atoms with E-state index >= 15 is 0 Å². The van der Waals surface area contributed by atoms with Crippen LogP contribution in [0.1, 0.15) is 11.5 Å². The Kier molecular flexibility index (Phi) is 1.50. The zero-order chi connectivity index (χ0) is 6.69. The summed E-state index contributed by atoms with van der Waals surface area (Å²) in [7, 11) is 0. The van der Waals surface area contributed by atoms with Crippen molar-refractivity contribution < 1.29 is 8.81 Å². The van der Waals surface area contributed by atoms with Crippen LogP contribution in [0.5, 0.6) is 0 Å². The predicted octanol–water partition coefficient (Wildman–Crippen LogP) is 1.62. The number of rotatable bonds is 1. The number of alkyl halides is 1. The van der Waals surface area contributed by atoms with Gasteiger partial charge in [-0.15, -0.1) is 0 Å². The molecule has 3 heteroatoms. The van der Waals surface area contributed by atoms with Gasteiger partial charge in [0, 0.05) is 0 Å². The Labute approximate surface area is 51.5 Å². The number of halogens is 1. The summed E-state index contributed by atoms with van der Waals surface area (Å²) in [5.41, 5.74) is 0. The van der Waals surface area contributed by atoms with Gasteiger partial charge < -0.3 is 4.42 Å². The molecule has 0 unspecified atom stereocenters. The Morgan fingerprint density at radius 1 is 1.67 bits per heavy atom. The molecule has 0 fully saturated rings. The van der Waals surface area contributed by atoms with E-state index in [0.29, 0.717) is 0 Å². The maximum Gasteiger partial charge on any atom is 0.203 e. The van der Waals surface area contributed by atoms with Crippen molar-refractivity contribution in [1.29, 1.82) is 5.26 Å². The van der Waals surface area contributed by atoms with Crippen molar-refractivity contribution >= 4 is 0 Å². The lowest BCUT2D eigenvalue weighted by Crippen LogP contribution is -1.66. The summed E-state index contributed by atoms with van der Waals surface area (Å²) in [5.74, 6) is 0.356. The Morgan fingerprint density at radius 2 is 2.44 bits per heavy atom. The van der Waals surface area contributed by atoms with E-state index in [0.717, 1.165) is 0 Å². The first-order valence-electron chi connectivity index (χ1n) is 2.41. The SMILES string of the molecule is N#Cc1ccc(CF)o1. The molecule has 1 rings (SSSR count). The zero-order valence-corrected chi connectivity index (χ0v) is 4.60. The van der Waals surface area contributed by atoms with Gasteiger partial charge in [0.15, 0.2) is 0 Å². The summed E-state index contributed by atoms with van der Waals surface area (Å²) in [5, 5.41) is 8.18. The predicted molar refractivity (Wildman–Crippen MR) is 28.2 cm³/mol. The minimum absolute atomic E-state index is 0.155. The fourth-order valence-electron chi connectivity index (χ4n) is 0.510. The summed E-state index contributed by atoms with van der Waals surface area (Å²) in [6.45, 7) is -0.651. The van der Waals surface area contributed by atoms with Crippen LogP contribution >= 0.6 is 0 Å². The lowest BCUT2D eigenvalue weighted by molar-refractivity contribution is 0.389. The summed E-state index contributed by atoms with van der Waals surface area (Å²) < 4.78 is 16.3. The fraction of sp³-hybridized carbons (Fsp3) is 0.167. The molecule has 9 heavy (non-hydrogen) atoms. The van der Waals surface area contributed by atoms with E-state index in [9.17, 15) is 4.39 Å². The van der Waals surface area contributed by atoms with Gasteiger partial charge in [0.2, 0.25) is 5.76 Å². The van der Waals surface area contributed by atoms with Crippen molar-refractivity contribution in [3.05, 3.63) is 23.7 Å². The number of hydrogen-bond acceptors (Lipinski definition) is 2. The van der Waals surface area contributed by atoms with Gasteiger partial charge in [-0.3, -0.25) is 0 Å². The second-order valence-electron chi connectivity index (χ2n) is 1.51. The molecule has 0 N–H and O–H groups in total. The molecule has 46 valence electrons. The first kappa shape index (κ1) is 5.83. The van der Waals surface area contributed by atoms with Crippen LogP contribution in [0.3, 0.4) is 0 Å². The Hall–Kier alpha value is -1.30. The van der Waals surface area contributed by atoms with Gasteiger partial charge in [-0.25, -0.2) is 4.39 Å². The zero-order valence-electron chi connectivity index (χ0n) is 4.60. The third kappa shape index (κ3) is 1.08. The molecule has 0 spiro atoms. The van der Waals surface area contributed by atoms with Crippen LogP contribution in [0.4, 0.5) is 4.39 Å². The van der Waals surface area contributed by atoms with E-state index < -0.39 is 6.67 Å². The first-order valence-corrected chi connectivity index (χ1v) is 2.41. The van der Waals surface area contributed by atoms with E-state index in [4.69, 9.17) is 5.26 Å². The van der Waals surface area contributed by atoms with E-state index in [1.165, 1.54) is 12.1 Å². The van der Waals surface area contributed by atoms with E-state index in [1.54, 1.807) is 6.07 Å². The highest BCUT2D eigenvalue weighted by Crippen LogP contribution is 2.06. The van der Waals surface area contributed by atoms with E-state index in [1.807, 2.05) is 0 Å². The van der Waals surface area contributed by atoms with Crippen molar-refractivity contribution in [2.75, 3.05) is 0 Å². The molecular weight excluding hydrogens is 121 g/mol. The van der Waals surface area contributed by atoms with Gasteiger partial charge in [-0.05, 0) is 12.1 Å². The average Bonchev–Trinajstić information content (AvgIpc) is 2.34. The molecule has 1 heterocycles. The van der Waals surface area contributed by atoms with Crippen molar-refractivity contribution in [1.82, 2.24) is 0 Å². The van der Waals surface area contributed by atoms with Gasteiger partial charge in [0.1, 0.15) is 18.5 Å². The monoisotopic (exact) mass is 125 g/mol. The van der Waals surface area contributed by atoms with E-state index in [2.05, 4.69) is 4.42 Å². The van der Waals surface area contributed by atoms with Crippen LogP contribution in [0.2, 0.25) is 0 Å². The van der Waals surface area contributed by atoms with Crippen molar-refractivity contribution in [2.24, 2.45) is 0 Å². The second-order valence-corrected chi connectivity index (χ2v) is 1.51. The van der Waals surface area contributed by atoms with Gasteiger partial charge in [0.05, 0.1) is 0 Å². The van der Waals surface area contributed by atoms with Crippen molar-refractivity contribution in [2.45, 2.75) is 6.67 Å². The fourth-order valence-corrected chi connectivity index (χ4v) is 0.510. The van der Waals surface area contributed by atoms with Gasteiger partial charge in [-0.1, -0.05) is 0 Å². The maximum absolute atomic E-state index is 11.7. The lowest BCUT2D eigenvalue weighted by atomic mass is 10.4. The minimum Gasteiger partial charge on any atom is -0.448 e. The van der Waals surface area contributed by atoms with Gasteiger partial charge in [-0.2, -0.15) is 5.26 Å². The smallest absolute Gasteiger partial charge is 0.203 e. The summed E-state index contributed by atoms with van der Waals surface area (Å²) in [6.07, 6.45) is 0. The summed E-state index contributed by atoms with van der Waals surface area (Å²) in [4.78, 5) is 0. The molecule has 0 saturated heterocycles. The number of hydrogen-bond donors (Lipinski definition) is 0. The number of furan rings is 1. The largest absolute Gasteiger partial charge is 0.448 e. The molecule has 0 amide bonds. The molecule has 0 aliphatic carbocycles. The molecule has 1 aromatic rings. The average molecular weight is 125 g/mol. The maximum atomic E-state index is 11.7. The Morgan fingerprint density at radius 3 is 2.78 bits per heavy atom. The molecular formula is C6H4FNO. The molecule has 2 nitrogen and oxygen atoms in total. The first-order chi connectivity index (χ1) is 4.36. The molecule has 0 aromatic carbocycles. The molecule has 0 atom stereocenters. The van der Waals surface area contributed by atoms with Crippen LogP contribution in [0.15, 0.2) is 16.5 Å². The topological polar surface area (TPSA) is 36.9 Å². The molecule has 0 radical (unpaired) electrons. The minimum atomic E-state index is -0.651. The lowest BCUT2D eigenvalue weighted by Gasteiger charge is -1.79. The van der Waals surface area contributed by atoms with Crippen LogP contribution in [-0.2, 0) is 6.67 Å². The van der Waals surface area contributed by atoms with Gasteiger partial charge >= 0.3 is 0 Å². The van der Waals surface area contributed by atoms with Crippen LogP contribution < -0.4 is 0 Å². The van der Waals surface area contributed by atoms with Crippen LogP contribution in [-0.4, -0.2) is 0 Å². The highest BCUT2D eigenvalue weighted by Gasteiger charge is 1.97. The second kappa shape index (κ2) is 2.31. The Bertz CT molecular complexity index is 235. The van der Waals surface area contributed by atoms with Crippen LogP contribution in [0, 0.1) is 11.3 Å². The van der Waals surface area contributed by atoms with Crippen LogP contribution in [0.25, 0.3) is 0 Å². The summed E-state index contributed by atoms with van der Waals surface area (Å²) >= 11 is 0. The molecule has 0 saturated carbocycles. The Balaban J connectivity index is 2.90. The number of nitriles is 1. The van der Waals surface area contributed by atoms with Crippen molar-refractivity contribution in [3.63, 3.8) is 0 Å². The standard InChI is InChI=1S/C6H4FNO/c7-3-5-1-2-6(4-8)9-5/h1-2H,3H2. The van der Waals surface area contributed by atoms with Gasteiger partial charge in [0.25, 0.3) is 0 Å².